The van der Waals surface area contributed by atoms with Gasteiger partial charge in [-0.1, -0.05) is 57.2 Å². The first-order valence-corrected chi connectivity index (χ1v) is 6.52. The zero-order valence-corrected chi connectivity index (χ0v) is 10.7. The number of para-hydroxylation sites is 1. The van der Waals surface area contributed by atoms with Crippen molar-refractivity contribution in [1.29, 1.82) is 0 Å². The lowest BCUT2D eigenvalue weighted by molar-refractivity contribution is 0.606. The van der Waals surface area contributed by atoms with Gasteiger partial charge in [0.2, 0.25) is 0 Å². The van der Waals surface area contributed by atoms with Gasteiger partial charge in [-0.25, -0.2) is 0 Å². The molecule has 0 saturated carbocycles. The van der Waals surface area contributed by atoms with Gasteiger partial charge < -0.3 is 4.90 Å². The van der Waals surface area contributed by atoms with Crippen LogP contribution in [0.2, 0.25) is 0 Å². The Bertz CT molecular complexity index is 312. The molecule has 0 atom stereocenters. The average Bonchev–Trinajstić information content (AvgIpc) is 2.34. The number of rotatable bonds is 8. The van der Waals surface area contributed by atoms with Gasteiger partial charge in [0.25, 0.3) is 0 Å². The molecule has 0 N–H and O–H groups in total. The van der Waals surface area contributed by atoms with Crippen LogP contribution < -0.4 is 4.90 Å². The lowest BCUT2D eigenvalue weighted by Gasteiger charge is -2.18. The number of anilines is 1. The van der Waals surface area contributed by atoms with Crippen LogP contribution >= 0.6 is 0 Å². The van der Waals surface area contributed by atoms with Gasteiger partial charge in [-0.05, 0) is 18.5 Å². The summed E-state index contributed by atoms with van der Waals surface area (Å²) in [6, 6.07) is 8.43. The Hall–Kier alpha value is -0.980. The van der Waals surface area contributed by atoms with E-state index in [1.807, 2.05) is 24.3 Å². The summed E-state index contributed by atoms with van der Waals surface area (Å²) < 4.78 is 7.83. The van der Waals surface area contributed by atoms with E-state index in [2.05, 4.69) is 18.9 Å². The molecule has 0 spiro atoms. The van der Waals surface area contributed by atoms with Crippen molar-refractivity contribution < 1.29 is 1.37 Å². The first-order valence-electron chi connectivity index (χ1n) is 7.02. The molecule has 0 saturated heterocycles. The maximum absolute atomic E-state index is 7.83. The minimum atomic E-state index is 0.626. The predicted molar refractivity (Wildman–Crippen MR) is 73.1 cm³/mol. The van der Waals surface area contributed by atoms with E-state index in [4.69, 9.17) is 1.37 Å². The highest BCUT2D eigenvalue weighted by Crippen LogP contribution is 2.12. The fraction of sp³-hybridized carbons (Fsp3) is 0.600. The van der Waals surface area contributed by atoms with Gasteiger partial charge in [0.15, 0.2) is 0 Å². The Morgan fingerprint density at radius 2 is 1.81 bits per heavy atom. The highest BCUT2D eigenvalue weighted by Gasteiger charge is 1.98. The minimum Gasteiger partial charge on any atom is -0.375 e. The molecule has 0 heterocycles. The summed E-state index contributed by atoms with van der Waals surface area (Å²) in [7, 11) is 2.08. The minimum absolute atomic E-state index is 0.626. The van der Waals surface area contributed by atoms with Crippen molar-refractivity contribution in [1.82, 2.24) is 0 Å². The van der Waals surface area contributed by atoms with Crippen LogP contribution in [0.15, 0.2) is 30.3 Å². The van der Waals surface area contributed by atoms with Gasteiger partial charge in [-0.2, -0.15) is 0 Å². The highest BCUT2D eigenvalue weighted by molar-refractivity contribution is 5.44. The molecular formula is C15H25N. The van der Waals surface area contributed by atoms with Gasteiger partial charge >= 0.3 is 0 Å². The lowest BCUT2D eigenvalue weighted by Crippen LogP contribution is -2.18. The van der Waals surface area contributed by atoms with Crippen LogP contribution in [0.5, 0.6) is 0 Å². The summed E-state index contributed by atoms with van der Waals surface area (Å²) in [4.78, 5) is 2.20. The second-order valence-corrected chi connectivity index (χ2v) is 4.44. The van der Waals surface area contributed by atoms with Crippen molar-refractivity contribution in [2.24, 2.45) is 0 Å². The molecule has 1 aromatic rings. The second kappa shape index (κ2) is 8.20. The second-order valence-electron chi connectivity index (χ2n) is 4.44. The molecule has 1 rings (SSSR count). The van der Waals surface area contributed by atoms with Crippen LogP contribution in [0.1, 0.15) is 46.8 Å². The molecule has 0 amide bonds. The fourth-order valence-corrected chi connectivity index (χ4v) is 1.87. The molecule has 0 aliphatic rings. The smallest absolute Gasteiger partial charge is 0.0645 e. The molecule has 0 bridgehead atoms. The van der Waals surface area contributed by atoms with Gasteiger partial charge in [0, 0.05) is 19.3 Å². The number of nitrogens with zero attached hydrogens (tertiary/aromatic N) is 1. The zero-order valence-electron chi connectivity index (χ0n) is 11.7. The normalized spacial score (nSPS) is 11.2. The van der Waals surface area contributed by atoms with Crippen molar-refractivity contribution in [3.8, 4) is 0 Å². The summed E-state index contributed by atoms with van der Waals surface area (Å²) in [5.74, 6) is 0. The number of benzene rings is 1. The summed E-state index contributed by atoms with van der Waals surface area (Å²) in [6.07, 6.45) is 7.94. The Morgan fingerprint density at radius 3 is 2.56 bits per heavy atom. The third-order valence-electron chi connectivity index (χ3n) is 2.95. The van der Waals surface area contributed by atoms with Crippen molar-refractivity contribution in [2.75, 3.05) is 18.5 Å². The standard InChI is InChI=1S/C15H25N/c1-3-4-5-6-7-11-14-16(2)15-12-9-8-10-13-15/h8-10,12-13H,3-7,11,14H2,1-2H3/i12D. The summed E-state index contributed by atoms with van der Waals surface area (Å²) >= 11 is 0. The first-order chi connectivity index (χ1) is 8.25. The molecule has 0 fully saturated rings. The van der Waals surface area contributed by atoms with Crippen LogP contribution in [0.3, 0.4) is 0 Å². The van der Waals surface area contributed by atoms with Crippen LogP contribution in [0.25, 0.3) is 0 Å². The molecule has 16 heavy (non-hydrogen) atoms. The van der Waals surface area contributed by atoms with Crippen molar-refractivity contribution in [3.63, 3.8) is 0 Å². The monoisotopic (exact) mass is 220 g/mol. The number of hydrogen-bond acceptors (Lipinski definition) is 1. The van der Waals surface area contributed by atoms with Crippen molar-refractivity contribution >= 4 is 5.69 Å². The molecule has 1 aromatic carbocycles. The lowest BCUT2D eigenvalue weighted by atomic mass is 10.1. The van der Waals surface area contributed by atoms with E-state index < -0.39 is 0 Å². The summed E-state index contributed by atoms with van der Waals surface area (Å²) in [5, 5.41) is 0. The molecular weight excluding hydrogens is 194 g/mol. The molecule has 90 valence electrons. The van der Waals surface area contributed by atoms with Crippen molar-refractivity contribution in [2.45, 2.75) is 45.4 Å². The Kier molecular flexibility index (Phi) is 5.90. The molecule has 0 aliphatic carbocycles. The topological polar surface area (TPSA) is 3.24 Å². The highest BCUT2D eigenvalue weighted by atomic mass is 15.1. The molecule has 1 heteroatoms. The number of hydrogen-bond donors (Lipinski definition) is 0. The van der Waals surface area contributed by atoms with Crippen LogP contribution in [0.4, 0.5) is 5.69 Å². The molecule has 0 aliphatic heterocycles. The fourth-order valence-electron chi connectivity index (χ4n) is 1.87. The van der Waals surface area contributed by atoms with E-state index >= 15 is 0 Å². The maximum atomic E-state index is 7.83. The average molecular weight is 220 g/mol. The first kappa shape index (κ1) is 11.5. The van der Waals surface area contributed by atoms with E-state index in [1.54, 1.807) is 0 Å². The van der Waals surface area contributed by atoms with Crippen molar-refractivity contribution in [3.05, 3.63) is 30.3 Å². The van der Waals surface area contributed by atoms with Crippen LogP contribution in [-0.4, -0.2) is 13.6 Å². The maximum Gasteiger partial charge on any atom is 0.0645 e. The summed E-state index contributed by atoms with van der Waals surface area (Å²) in [6.45, 7) is 3.31. The third kappa shape index (κ3) is 5.20. The Balaban J connectivity index is 2.21. The van der Waals surface area contributed by atoms with E-state index in [0.717, 1.165) is 12.2 Å². The van der Waals surface area contributed by atoms with Crippen LogP contribution in [-0.2, 0) is 0 Å². The van der Waals surface area contributed by atoms with Gasteiger partial charge in [0.1, 0.15) is 0 Å². The quantitative estimate of drug-likeness (QED) is 0.584. The zero-order chi connectivity index (χ0) is 12.5. The van der Waals surface area contributed by atoms with Gasteiger partial charge in [-0.15, -0.1) is 0 Å². The molecule has 1 nitrogen and oxygen atoms in total. The molecule has 0 unspecified atom stereocenters. The van der Waals surface area contributed by atoms with Crippen LogP contribution in [0, 0.1) is 0 Å². The predicted octanol–water partition coefficient (Wildman–Crippen LogP) is 4.48. The third-order valence-corrected chi connectivity index (χ3v) is 2.95. The summed E-state index contributed by atoms with van der Waals surface area (Å²) in [5.41, 5.74) is 1.04. The van der Waals surface area contributed by atoms with E-state index in [-0.39, 0.29) is 0 Å². The van der Waals surface area contributed by atoms with E-state index in [9.17, 15) is 0 Å². The SMILES string of the molecule is [2H]c1ccccc1N(C)CCCCCCCC. The molecule has 0 aromatic heterocycles. The largest absolute Gasteiger partial charge is 0.375 e. The number of unbranched alkanes of at least 4 members (excludes halogenated alkanes) is 5. The van der Waals surface area contributed by atoms with E-state index in [0.29, 0.717) is 6.04 Å². The van der Waals surface area contributed by atoms with Gasteiger partial charge in [0.05, 0.1) is 1.37 Å². The Morgan fingerprint density at radius 1 is 1.06 bits per heavy atom. The Labute approximate surface area is 102 Å². The molecule has 0 radical (unpaired) electrons. The van der Waals surface area contributed by atoms with E-state index in [1.165, 1.54) is 38.5 Å². The van der Waals surface area contributed by atoms with Gasteiger partial charge in [-0.3, -0.25) is 0 Å².